The van der Waals surface area contributed by atoms with Crippen LogP contribution in [0.2, 0.25) is 0 Å². The number of aromatic hydroxyl groups is 1. The Morgan fingerprint density at radius 1 is 1.47 bits per heavy atom. The first-order chi connectivity index (χ1) is 7.87. The first-order valence-electron chi connectivity index (χ1n) is 4.84. The first-order valence-corrected chi connectivity index (χ1v) is 6.49. The molecule has 7 nitrogen and oxygen atoms in total. The van der Waals surface area contributed by atoms with Crippen molar-refractivity contribution in [3.8, 4) is 5.75 Å². The van der Waals surface area contributed by atoms with Crippen LogP contribution in [0, 0.1) is 10.1 Å². The predicted octanol–water partition coefficient (Wildman–Crippen LogP) is 1.45. The Morgan fingerprint density at radius 3 is 2.65 bits per heavy atom. The summed E-state index contributed by atoms with van der Waals surface area (Å²) < 4.78 is 25.0. The van der Waals surface area contributed by atoms with E-state index in [0.717, 1.165) is 6.07 Å². The van der Waals surface area contributed by atoms with Crippen molar-refractivity contribution in [2.24, 2.45) is 0 Å². The minimum Gasteiger partial charge on any atom is -0.505 e. The fourth-order valence-electron chi connectivity index (χ4n) is 1.26. The molecule has 17 heavy (non-hydrogen) atoms. The van der Waals surface area contributed by atoms with Gasteiger partial charge in [-0.25, -0.2) is 8.42 Å². The number of nitro groups is 1. The van der Waals surface area contributed by atoms with E-state index in [0.29, 0.717) is 6.42 Å². The molecule has 0 saturated heterocycles. The zero-order chi connectivity index (χ0) is 13.1. The molecule has 1 rings (SSSR count). The van der Waals surface area contributed by atoms with Gasteiger partial charge in [0, 0.05) is 6.07 Å². The monoisotopic (exact) mass is 260 g/mol. The van der Waals surface area contributed by atoms with E-state index in [4.69, 9.17) is 0 Å². The molecule has 2 N–H and O–H groups in total. The van der Waals surface area contributed by atoms with Crippen LogP contribution in [0.5, 0.6) is 5.75 Å². The third-order valence-corrected chi connectivity index (χ3v) is 3.41. The van der Waals surface area contributed by atoms with Gasteiger partial charge in [-0.3, -0.25) is 14.8 Å². The Bertz CT molecular complexity index is 526. The molecule has 0 aliphatic carbocycles. The lowest BCUT2D eigenvalue weighted by molar-refractivity contribution is -0.383. The second-order valence-corrected chi connectivity index (χ2v) is 5.19. The second-order valence-electron chi connectivity index (χ2n) is 3.35. The third kappa shape index (κ3) is 3.31. The molecular weight excluding hydrogens is 248 g/mol. The SMILES string of the molecule is CCCS(=O)(=O)Nc1c(O)cccc1[N+](=O)[O-]. The molecule has 0 aromatic heterocycles. The molecule has 0 aliphatic heterocycles. The molecule has 0 amide bonds. The van der Waals surface area contributed by atoms with Crippen LogP contribution in [-0.2, 0) is 10.0 Å². The number of anilines is 1. The molecule has 94 valence electrons. The highest BCUT2D eigenvalue weighted by Crippen LogP contribution is 2.33. The lowest BCUT2D eigenvalue weighted by Crippen LogP contribution is -2.17. The summed E-state index contributed by atoms with van der Waals surface area (Å²) in [5.41, 5.74) is -0.879. The Balaban J connectivity index is 3.18. The maximum Gasteiger partial charge on any atom is 0.297 e. The van der Waals surface area contributed by atoms with Gasteiger partial charge < -0.3 is 5.11 Å². The highest BCUT2D eigenvalue weighted by Gasteiger charge is 2.21. The smallest absolute Gasteiger partial charge is 0.297 e. The van der Waals surface area contributed by atoms with Crippen molar-refractivity contribution >= 4 is 21.4 Å². The predicted molar refractivity (Wildman–Crippen MR) is 62.5 cm³/mol. The fraction of sp³-hybridized carbons (Fsp3) is 0.333. The lowest BCUT2D eigenvalue weighted by Gasteiger charge is -2.08. The molecule has 0 saturated carbocycles. The van der Waals surface area contributed by atoms with E-state index in [2.05, 4.69) is 0 Å². The van der Waals surface area contributed by atoms with Gasteiger partial charge >= 0.3 is 0 Å². The van der Waals surface area contributed by atoms with E-state index in [1.165, 1.54) is 12.1 Å². The van der Waals surface area contributed by atoms with E-state index < -0.39 is 32.1 Å². The third-order valence-electron chi connectivity index (χ3n) is 1.95. The number of nitrogens with zero attached hydrogens (tertiary/aromatic N) is 1. The zero-order valence-electron chi connectivity index (χ0n) is 9.08. The van der Waals surface area contributed by atoms with Gasteiger partial charge in [-0.15, -0.1) is 0 Å². The minimum absolute atomic E-state index is 0.168. The van der Waals surface area contributed by atoms with Gasteiger partial charge in [-0.1, -0.05) is 13.0 Å². The standard InChI is InChI=1S/C9H12N2O5S/c1-2-6-17(15,16)10-9-7(11(13)14)4-3-5-8(9)12/h3-5,10,12H,2,6H2,1H3. The molecule has 1 aromatic rings. The number of phenols is 1. The summed E-state index contributed by atoms with van der Waals surface area (Å²) in [6.07, 6.45) is 0.372. The van der Waals surface area contributed by atoms with Gasteiger partial charge in [0.15, 0.2) is 5.69 Å². The Morgan fingerprint density at radius 2 is 2.12 bits per heavy atom. The quantitative estimate of drug-likeness (QED) is 0.473. The molecule has 0 radical (unpaired) electrons. The summed E-state index contributed by atoms with van der Waals surface area (Å²) >= 11 is 0. The zero-order valence-corrected chi connectivity index (χ0v) is 9.90. The van der Waals surface area contributed by atoms with Crippen LogP contribution in [0.3, 0.4) is 0 Å². The van der Waals surface area contributed by atoms with Gasteiger partial charge in [-0.2, -0.15) is 0 Å². The molecule has 0 bridgehead atoms. The van der Waals surface area contributed by atoms with Crippen molar-refractivity contribution in [3.63, 3.8) is 0 Å². The summed E-state index contributed by atoms with van der Waals surface area (Å²) in [7, 11) is -3.68. The van der Waals surface area contributed by atoms with E-state index in [1.54, 1.807) is 6.92 Å². The van der Waals surface area contributed by atoms with E-state index in [1.807, 2.05) is 4.72 Å². The summed E-state index contributed by atoms with van der Waals surface area (Å²) in [5, 5.41) is 20.1. The van der Waals surface area contributed by atoms with Crippen molar-refractivity contribution in [2.75, 3.05) is 10.5 Å². The van der Waals surface area contributed by atoms with Crippen molar-refractivity contribution in [1.29, 1.82) is 0 Å². The van der Waals surface area contributed by atoms with E-state index >= 15 is 0 Å². The number of rotatable bonds is 5. The maximum atomic E-state index is 11.5. The number of nitro benzene ring substituents is 1. The second kappa shape index (κ2) is 5.00. The summed E-state index contributed by atoms with van der Waals surface area (Å²) in [6, 6.07) is 3.56. The van der Waals surface area contributed by atoms with Gasteiger partial charge in [-0.05, 0) is 12.5 Å². The van der Waals surface area contributed by atoms with E-state index in [9.17, 15) is 23.6 Å². The first kappa shape index (κ1) is 13.2. The van der Waals surface area contributed by atoms with Crippen molar-refractivity contribution in [3.05, 3.63) is 28.3 Å². The van der Waals surface area contributed by atoms with Crippen molar-refractivity contribution < 1.29 is 18.4 Å². The number of benzene rings is 1. The van der Waals surface area contributed by atoms with Crippen LogP contribution >= 0.6 is 0 Å². The number of phenolic OH excluding ortho intramolecular Hbond substituents is 1. The number of para-hydroxylation sites is 1. The van der Waals surface area contributed by atoms with Gasteiger partial charge in [0.2, 0.25) is 10.0 Å². The van der Waals surface area contributed by atoms with Crippen LogP contribution < -0.4 is 4.72 Å². The highest BCUT2D eigenvalue weighted by atomic mass is 32.2. The topological polar surface area (TPSA) is 110 Å². The molecule has 0 unspecified atom stereocenters. The van der Waals surface area contributed by atoms with Gasteiger partial charge in [0.05, 0.1) is 10.7 Å². The summed E-state index contributed by atoms with van der Waals surface area (Å²) in [6.45, 7) is 1.67. The number of hydrogen-bond acceptors (Lipinski definition) is 5. The number of nitrogens with one attached hydrogen (secondary N) is 1. The summed E-state index contributed by atoms with van der Waals surface area (Å²) in [5.74, 6) is -0.641. The van der Waals surface area contributed by atoms with Crippen molar-refractivity contribution in [1.82, 2.24) is 0 Å². The van der Waals surface area contributed by atoms with Gasteiger partial charge in [0.1, 0.15) is 5.75 Å². The fourth-order valence-corrected chi connectivity index (χ4v) is 2.42. The molecule has 0 aliphatic rings. The average molecular weight is 260 g/mol. The Kier molecular flexibility index (Phi) is 3.89. The molecule has 0 fully saturated rings. The normalized spacial score (nSPS) is 11.1. The van der Waals surface area contributed by atoms with Gasteiger partial charge in [0.25, 0.3) is 5.69 Å². The van der Waals surface area contributed by atoms with Crippen LogP contribution in [0.1, 0.15) is 13.3 Å². The van der Waals surface area contributed by atoms with E-state index in [-0.39, 0.29) is 5.75 Å². The average Bonchev–Trinajstić information content (AvgIpc) is 2.20. The largest absolute Gasteiger partial charge is 0.505 e. The van der Waals surface area contributed by atoms with Crippen LogP contribution in [0.15, 0.2) is 18.2 Å². The maximum absolute atomic E-state index is 11.5. The minimum atomic E-state index is -3.68. The number of sulfonamides is 1. The number of hydrogen-bond donors (Lipinski definition) is 2. The van der Waals surface area contributed by atoms with Crippen LogP contribution in [-0.4, -0.2) is 24.2 Å². The molecule has 0 spiro atoms. The summed E-state index contributed by atoms with van der Waals surface area (Å²) in [4.78, 5) is 9.92. The Labute approximate surface area is 98.3 Å². The highest BCUT2D eigenvalue weighted by molar-refractivity contribution is 7.92. The molecule has 8 heteroatoms. The van der Waals surface area contributed by atoms with Crippen LogP contribution in [0.4, 0.5) is 11.4 Å². The van der Waals surface area contributed by atoms with Crippen LogP contribution in [0.25, 0.3) is 0 Å². The molecular formula is C9H12N2O5S. The molecule has 0 atom stereocenters. The van der Waals surface area contributed by atoms with Crippen molar-refractivity contribution in [2.45, 2.75) is 13.3 Å². The lowest BCUT2D eigenvalue weighted by atomic mass is 10.2. The molecule has 1 aromatic carbocycles. The Hall–Kier alpha value is -1.83. The molecule has 0 heterocycles.